The molecule has 0 saturated heterocycles. The van der Waals surface area contributed by atoms with Gasteiger partial charge in [-0.05, 0) is 31.7 Å². The van der Waals surface area contributed by atoms with E-state index in [9.17, 15) is 4.79 Å². The van der Waals surface area contributed by atoms with E-state index < -0.39 is 0 Å². The van der Waals surface area contributed by atoms with Crippen molar-refractivity contribution in [1.29, 1.82) is 0 Å². The molecule has 0 spiro atoms. The van der Waals surface area contributed by atoms with Crippen molar-refractivity contribution in [2.24, 2.45) is 17.6 Å². The first-order valence-electron chi connectivity index (χ1n) is 5.94. The Kier molecular flexibility index (Phi) is 7.39. The van der Waals surface area contributed by atoms with Gasteiger partial charge in [-0.25, -0.2) is 0 Å². The number of hydrogen-bond acceptors (Lipinski definition) is 2. The maximum Gasteiger partial charge on any atom is 0.225 e. The molecule has 90 valence electrons. The Labute approximate surface area is 94.0 Å². The molecule has 0 saturated carbocycles. The first-order chi connectivity index (χ1) is 6.99. The smallest absolute Gasteiger partial charge is 0.225 e. The Morgan fingerprint density at radius 1 is 1.27 bits per heavy atom. The van der Waals surface area contributed by atoms with Crippen LogP contribution in [-0.2, 0) is 4.79 Å². The summed E-state index contributed by atoms with van der Waals surface area (Å²) in [6.07, 6.45) is 2.91. The van der Waals surface area contributed by atoms with Crippen molar-refractivity contribution in [3.05, 3.63) is 0 Å². The van der Waals surface area contributed by atoms with Crippen LogP contribution in [0.25, 0.3) is 0 Å². The average Bonchev–Trinajstić information content (AvgIpc) is 2.21. The molecule has 0 aromatic carbocycles. The lowest BCUT2D eigenvalue weighted by molar-refractivity contribution is -0.134. The van der Waals surface area contributed by atoms with E-state index in [1.165, 1.54) is 0 Å². The van der Waals surface area contributed by atoms with Gasteiger partial charge in [0.2, 0.25) is 5.91 Å². The summed E-state index contributed by atoms with van der Waals surface area (Å²) in [5, 5.41) is 0. The van der Waals surface area contributed by atoms with Gasteiger partial charge in [0.25, 0.3) is 0 Å². The second-order valence-corrected chi connectivity index (χ2v) is 4.77. The van der Waals surface area contributed by atoms with Crippen LogP contribution in [0.5, 0.6) is 0 Å². The van der Waals surface area contributed by atoms with Crippen molar-refractivity contribution in [2.45, 2.75) is 40.0 Å². The van der Waals surface area contributed by atoms with E-state index in [-0.39, 0.29) is 11.8 Å². The van der Waals surface area contributed by atoms with Gasteiger partial charge in [-0.2, -0.15) is 0 Å². The van der Waals surface area contributed by atoms with Crippen LogP contribution in [0.2, 0.25) is 0 Å². The molecule has 1 atom stereocenters. The SMILES string of the molecule is CC(C)CCN(C)C(=O)C(C)CCCN. The Hall–Kier alpha value is -0.570. The van der Waals surface area contributed by atoms with Crippen molar-refractivity contribution in [1.82, 2.24) is 4.90 Å². The highest BCUT2D eigenvalue weighted by Crippen LogP contribution is 2.10. The van der Waals surface area contributed by atoms with Gasteiger partial charge in [-0.3, -0.25) is 4.79 Å². The van der Waals surface area contributed by atoms with Crippen LogP contribution < -0.4 is 5.73 Å². The van der Waals surface area contributed by atoms with Crippen LogP contribution >= 0.6 is 0 Å². The lowest BCUT2D eigenvalue weighted by Crippen LogP contribution is -2.33. The third kappa shape index (κ3) is 6.50. The van der Waals surface area contributed by atoms with E-state index in [4.69, 9.17) is 5.73 Å². The zero-order chi connectivity index (χ0) is 11.8. The van der Waals surface area contributed by atoms with Gasteiger partial charge in [-0.15, -0.1) is 0 Å². The number of nitrogens with zero attached hydrogens (tertiary/aromatic N) is 1. The molecule has 0 heterocycles. The molecule has 0 aromatic rings. The Morgan fingerprint density at radius 3 is 2.33 bits per heavy atom. The predicted molar refractivity (Wildman–Crippen MR) is 64.5 cm³/mol. The minimum atomic E-state index is 0.116. The fraction of sp³-hybridized carbons (Fsp3) is 0.917. The molecule has 1 amide bonds. The third-order valence-electron chi connectivity index (χ3n) is 2.68. The molecule has 3 nitrogen and oxygen atoms in total. The number of hydrogen-bond donors (Lipinski definition) is 1. The lowest BCUT2D eigenvalue weighted by Gasteiger charge is -2.22. The van der Waals surface area contributed by atoms with Crippen LogP contribution in [0.4, 0.5) is 0 Å². The van der Waals surface area contributed by atoms with Gasteiger partial charge in [0.1, 0.15) is 0 Å². The lowest BCUT2D eigenvalue weighted by atomic mass is 10.0. The summed E-state index contributed by atoms with van der Waals surface area (Å²) in [7, 11) is 1.89. The van der Waals surface area contributed by atoms with Gasteiger partial charge < -0.3 is 10.6 Å². The fourth-order valence-corrected chi connectivity index (χ4v) is 1.49. The Balaban J connectivity index is 3.85. The molecular formula is C12H26N2O. The summed E-state index contributed by atoms with van der Waals surface area (Å²) < 4.78 is 0. The monoisotopic (exact) mass is 214 g/mol. The van der Waals surface area contributed by atoms with Gasteiger partial charge in [-0.1, -0.05) is 20.8 Å². The fourth-order valence-electron chi connectivity index (χ4n) is 1.49. The molecule has 0 rings (SSSR count). The quantitative estimate of drug-likeness (QED) is 0.703. The first-order valence-corrected chi connectivity index (χ1v) is 5.94. The number of carbonyl (C=O) groups excluding carboxylic acids is 1. The molecule has 0 aliphatic rings. The zero-order valence-corrected chi connectivity index (χ0v) is 10.6. The molecule has 0 aromatic heterocycles. The van der Waals surface area contributed by atoms with Crippen LogP contribution in [0, 0.1) is 11.8 Å². The standard InChI is InChI=1S/C12H26N2O/c1-10(2)7-9-14(4)12(15)11(3)6-5-8-13/h10-11H,5-9,13H2,1-4H3. The minimum absolute atomic E-state index is 0.116. The summed E-state index contributed by atoms with van der Waals surface area (Å²) in [5.41, 5.74) is 5.43. The molecule has 0 fully saturated rings. The number of amides is 1. The second-order valence-electron chi connectivity index (χ2n) is 4.77. The molecule has 15 heavy (non-hydrogen) atoms. The number of carbonyl (C=O) groups is 1. The highest BCUT2D eigenvalue weighted by molar-refractivity contribution is 5.78. The normalized spacial score (nSPS) is 12.9. The zero-order valence-electron chi connectivity index (χ0n) is 10.6. The maximum atomic E-state index is 11.8. The number of nitrogens with two attached hydrogens (primary N) is 1. The van der Waals surface area contributed by atoms with Crippen LogP contribution in [0.1, 0.15) is 40.0 Å². The second kappa shape index (κ2) is 7.69. The topological polar surface area (TPSA) is 46.3 Å². The molecule has 2 N–H and O–H groups in total. The van der Waals surface area contributed by atoms with Gasteiger partial charge in [0.05, 0.1) is 0 Å². The van der Waals surface area contributed by atoms with Crippen molar-refractivity contribution in [3.63, 3.8) is 0 Å². The van der Waals surface area contributed by atoms with Gasteiger partial charge in [0.15, 0.2) is 0 Å². The molecule has 3 heteroatoms. The van der Waals surface area contributed by atoms with Crippen molar-refractivity contribution in [3.8, 4) is 0 Å². The summed E-state index contributed by atoms with van der Waals surface area (Å²) in [6, 6.07) is 0. The van der Waals surface area contributed by atoms with Crippen molar-refractivity contribution in [2.75, 3.05) is 20.1 Å². The van der Waals surface area contributed by atoms with E-state index in [1.807, 2.05) is 18.9 Å². The Bertz CT molecular complexity index is 180. The van der Waals surface area contributed by atoms with Crippen LogP contribution in [0.15, 0.2) is 0 Å². The largest absolute Gasteiger partial charge is 0.346 e. The molecule has 0 aliphatic carbocycles. The van der Waals surface area contributed by atoms with Gasteiger partial charge >= 0.3 is 0 Å². The van der Waals surface area contributed by atoms with Crippen molar-refractivity contribution < 1.29 is 4.79 Å². The minimum Gasteiger partial charge on any atom is -0.346 e. The molecular weight excluding hydrogens is 188 g/mol. The summed E-state index contributed by atoms with van der Waals surface area (Å²) in [6.45, 7) is 7.88. The van der Waals surface area contributed by atoms with Crippen molar-refractivity contribution >= 4 is 5.91 Å². The van der Waals surface area contributed by atoms with E-state index in [1.54, 1.807) is 0 Å². The molecule has 0 aliphatic heterocycles. The molecule has 1 unspecified atom stereocenters. The van der Waals surface area contributed by atoms with E-state index >= 15 is 0 Å². The van der Waals surface area contributed by atoms with E-state index in [0.29, 0.717) is 12.5 Å². The highest BCUT2D eigenvalue weighted by atomic mass is 16.2. The van der Waals surface area contributed by atoms with E-state index in [2.05, 4.69) is 13.8 Å². The molecule has 0 bridgehead atoms. The van der Waals surface area contributed by atoms with E-state index in [0.717, 1.165) is 25.8 Å². The summed E-state index contributed by atoms with van der Waals surface area (Å²) >= 11 is 0. The summed E-state index contributed by atoms with van der Waals surface area (Å²) in [4.78, 5) is 13.7. The van der Waals surface area contributed by atoms with Gasteiger partial charge in [0, 0.05) is 19.5 Å². The Morgan fingerprint density at radius 2 is 1.87 bits per heavy atom. The highest BCUT2D eigenvalue weighted by Gasteiger charge is 2.16. The number of rotatable bonds is 7. The first kappa shape index (κ1) is 14.4. The third-order valence-corrected chi connectivity index (χ3v) is 2.68. The van der Waals surface area contributed by atoms with Crippen LogP contribution in [-0.4, -0.2) is 30.9 Å². The van der Waals surface area contributed by atoms with Crippen LogP contribution in [0.3, 0.4) is 0 Å². The summed E-state index contributed by atoms with van der Waals surface area (Å²) in [5.74, 6) is 1.02. The average molecular weight is 214 g/mol. The maximum absolute atomic E-state index is 11.8. The predicted octanol–water partition coefficient (Wildman–Crippen LogP) is 1.87. The molecule has 0 radical (unpaired) electrons.